The third-order valence-corrected chi connectivity index (χ3v) is 2.44. The highest BCUT2D eigenvalue weighted by atomic mass is 16.4. The van der Waals surface area contributed by atoms with Gasteiger partial charge in [-0.15, -0.1) is 0 Å². The average molecular weight is 230 g/mol. The van der Waals surface area contributed by atoms with Gasteiger partial charge in [0, 0.05) is 6.08 Å². The molecule has 1 aromatic carbocycles. The van der Waals surface area contributed by atoms with Crippen LogP contribution in [0.4, 0.5) is 0 Å². The molecule has 1 atom stereocenters. The molecule has 0 aliphatic carbocycles. The monoisotopic (exact) mass is 230 g/mol. The van der Waals surface area contributed by atoms with Gasteiger partial charge in [0.05, 0.1) is 0 Å². The molecule has 0 saturated carbocycles. The Bertz CT molecular complexity index is 416. The molecule has 1 rings (SSSR count). The van der Waals surface area contributed by atoms with Crippen molar-refractivity contribution in [2.45, 2.75) is 20.3 Å². The maximum atomic E-state index is 10.4. The van der Waals surface area contributed by atoms with E-state index in [-0.39, 0.29) is 0 Å². The molecule has 0 saturated heterocycles. The van der Waals surface area contributed by atoms with Gasteiger partial charge >= 0.3 is 5.97 Å². The van der Waals surface area contributed by atoms with Crippen LogP contribution < -0.4 is 0 Å². The topological polar surface area (TPSA) is 37.3 Å². The van der Waals surface area contributed by atoms with Gasteiger partial charge in [0.25, 0.3) is 0 Å². The van der Waals surface area contributed by atoms with Gasteiger partial charge in [0.1, 0.15) is 0 Å². The molecule has 0 aliphatic rings. The van der Waals surface area contributed by atoms with E-state index in [1.54, 1.807) is 6.08 Å². The number of benzene rings is 1. The normalized spacial score (nSPS) is 13.9. The second kappa shape index (κ2) is 6.69. The van der Waals surface area contributed by atoms with Crippen LogP contribution in [0.5, 0.6) is 0 Å². The molecule has 90 valence electrons. The van der Waals surface area contributed by atoms with Crippen LogP contribution in [0.25, 0.3) is 0 Å². The number of hydrogen-bond acceptors (Lipinski definition) is 1. The summed E-state index contributed by atoms with van der Waals surface area (Å²) in [6, 6.07) is 10.3. The van der Waals surface area contributed by atoms with Crippen LogP contribution >= 0.6 is 0 Å². The highest BCUT2D eigenvalue weighted by molar-refractivity contribution is 5.80. The van der Waals surface area contributed by atoms with Crippen molar-refractivity contribution in [3.8, 4) is 0 Å². The first kappa shape index (κ1) is 13.2. The van der Waals surface area contributed by atoms with Gasteiger partial charge in [-0.25, -0.2) is 4.79 Å². The van der Waals surface area contributed by atoms with Crippen molar-refractivity contribution in [3.05, 3.63) is 59.7 Å². The van der Waals surface area contributed by atoms with Crippen molar-refractivity contribution < 1.29 is 9.90 Å². The van der Waals surface area contributed by atoms with Crippen LogP contribution in [0.1, 0.15) is 19.4 Å². The Morgan fingerprint density at radius 3 is 2.53 bits per heavy atom. The highest BCUT2D eigenvalue weighted by Gasteiger charge is 2.00. The zero-order chi connectivity index (χ0) is 12.7. The molecule has 2 heteroatoms. The number of allylic oxidation sites excluding steroid dienone is 3. The van der Waals surface area contributed by atoms with Gasteiger partial charge in [-0.1, -0.05) is 55.0 Å². The summed E-state index contributed by atoms with van der Waals surface area (Å²) >= 11 is 0. The van der Waals surface area contributed by atoms with E-state index in [1.165, 1.54) is 11.6 Å². The molecule has 1 N–H and O–H groups in total. The first-order valence-corrected chi connectivity index (χ1v) is 5.71. The van der Waals surface area contributed by atoms with E-state index < -0.39 is 5.97 Å². The molecule has 1 unspecified atom stereocenters. The lowest BCUT2D eigenvalue weighted by Gasteiger charge is -2.07. The Balaban J connectivity index is 2.57. The van der Waals surface area contributed by atoms with Gasteiger partial charge < -0.3 is 5.11 Å². The lowest BCUT2D eigenvalue weighted by atomic mass is 9.99. The summed E-state index contributed by atoms with van der Waals surface area (Å²) in [4.78, 5) is 10.4. The largest absolute Gasteiger partial charge is 0.478 e. The van der Waals surface area contributed by atoms with Gasteiger partial charge in [-0.05, 0) is 24.8 Å². The fourth-order valence-corrected chi connectivity index (χ4v) is 1.75. The van der Waals surface area contributed by atoms with Crippen LogP contribution in [0.15, 0.2) is 54.1 Å². The van der Waals surface area contributed by atoms with Crippen molar-refractivity contribution in [3.63, 3.8) is 0 Å². The second-order valence-corrected chi connectivity index (χ2v) is 4.25. The zero-order valence-corrected chi connectivity index (χ0v) is 10.3. The van der Waals surface area contributed by atoms with E-state index in [4.69, 9.17) is 5.11 Å². The Kier molecular flexibility index (Phi) is 5.21. The molecule has 0 amide bonds. The third-order valence-electron chi connectivity index (χ3n) is 2.44. The molecule has 0 radical (unpaired) electrons. The van der Waals surface area contributed by atoms with Gasteiger partial charge in [0.2, 0.25) is 0 Å². The standard InChI is InChI=1S/C15H18O2/c1-12(8-9-15(16)17)10-13(2)11-14-6-4-3-5-7-14/h3-10,13H,11H2,1-2H3,(H,16,17). The number of carboxylic acids is 1. The lowest BCUT2D eigenvalue weighted by molar-refractivity contribution is -0.131. The number of rotatable bonds is 5. The summed E-state index contributed by atoms with van der Waals surface area (Å²) in [5, 5.41) is 8.52. The molecule has 1 aromatic rings. The molecule has 17 heavy (non-hydrogen) atoms. The summed E-state index contributed by atoms with van der Waals surface area (Å²) in [5.74, 6) is -0.510. The average Bonchev–Trinajstić information content (AvgIpc) is 2.27. The summed E-state index contributed by atoms with van der Waals surface area (Å²) in [7, 11) is 0. The molecule has 0 fully saturated rings. The van der Waals surface area contributed by atoms with Crippen molar-refractivity contribution in [1.82, 2.24) is 0 Å². The molecular formula is C15H18O2. The Labute approximate surface area is 102 Å². The van der Waals surface area contributed by atoms with Crippen LogP contribution in [0.3, 0.4) is 0 Å². The third kappa shape index (κ3) is 5.71. The molecular weight excluding hydrogens is 212 g/mol. The van der Waals surface area contributed by atoms with Crippen molar-refractivity contribution in [1.29, 1.82) is 0 Å². The molecule has 0 aliphatic heterocycles. The van der Waals surface area contributed by atoms with E-state index in [2.05, 4.69) is 25.1 Å². The van der Waals surface area contributed by atoms with E-state index in [9.17, 15) is 4.79 Å². The SMILES string of the molecule is CC(C=CC(=O)O)=CC(C)Cc1ccccc1. The number of carboxylic acid groups (broad SMARTS) is 1. The Morgan fingerprint density at radius 2 is 1.94 bits per heavy atom. The molecule has 0 aromatic heterocycles. The molecule has 0 heterocycles. The first-order valence-electron chi connectivity index (χ1n) is 5.71. The molecule has 0 spiro atoms. The maximum absolute atomic E-state index is 10.4. The Hall–Kier alpha value is -1.83. The van der Waals surface area contributed by atoms with Gasteiger partial charge in [0.15, 0.2) is 0 Å². The lowest BCUT2D eigenvalue weighted by Crippen LogP contribution is -1.96. The quantitative estimate of drug-likeness (QED) is 0.621. The van der Waals surface area contributed by atoms with E-state index in [0.717, 1.165) is 12.0 Å². The molecule has 0 bridgehead atoms. The Morgan fingerprint density at radius 1 is 1.29 bits per heavy atom. The van der Waals surface area contributed by atoms with Gasteiger partial charge in [-0.2, -0.15) is 0 Å². The first-order chi connectivity index (χ1) is 8.08. The fourth-order valence-electron chi connectivity index (χ4n) is 1.75. The number of hydrogen-bond donors (Lipinski definition) is 1. The second-order valence-electron chi connectivity index (χ2n) is 4.25. The summed E-state index contributed by atoms with van der Waals surface area (Å²) < 4.78 is 0. The van der Waals surface area contributed by atoms with Gasteiger partial charge in [-0.3, -0.25) is 0 Å². The van der Waals surface area contributed by atoms with Crippen molar-refractivity contribution >= 4 is 5.97 Å². The summed E-state index contributed by atoms with van der Waals surface area (Å²) in [6.45, 7) is 4.05. The van der Waals surface area contributed by atoms with E-state index in [1.807, 2.05) is 25.1 Å². The fraction of sp³-hybridized carbons (Fsp3) is 0.267. The zero-order valence-electron chi connectivity index (χ0n) is 10.3. The minimum Gasteiger partial charge on any atom is -0.478 e. The smallest absolute Gasteiger partial charge is 0.328 e. The minimum absolute atomic E-state index is 0.399. The van der Waals surface area contributed by atoms with E-state index in [0.29, 0.717) is 5.92 Å². The maximum Gasteiger partial charge on any atom is 0.328 e. The van der Waals surface area contributed by atoms with Crippen molar-refractivity contribution in [2.75, 3.05) is 0 Å². The van der Waals surface area contributed by atoms with Crippen LogP contribution in [0, 0.1) is 5.92 Å². The predicted molar refractivity (Wildman–Crippen MR) is 69.8 cm³/mol. The minimum atomic E-state index is -0.909. The number of carbonyl (C=O) groups is 1. The summed E-state index contributed by atoms with van der Waals surface area (Å²) in [6.07, 6.45) is 5.86. The molecule has 2 nitrogen and oxygen atoms in total. The number of aliphatic carboxylic acids is 1. The van der Waals surface area contributed by atoms with Crippen LogP contribution in [-0.4, -0.2) is 11.1 Å². The van der Waals surface area contributed by atoms with E-state index >= 15 is 0 Å². The van der Waals surface area contributed by atoms with Crippen molar-refractivity contribution in [2.24, 2.45) is 5.92 Å². The highest BCUT2D eigenvalue weighted by Crippen LogP contribution is 2.11. The summed E-state index contributed by atoms with van der Waals surface area (Å²) in [5.41, 5.74) is 2.28. The predicted octanol–water partition coefficient (Wildman–Crippen LogP) is 3.45. The van der Waals surface area contributed by atoms with Crippen LogP contribution in [0.2, 0.25) is 0 Å². The van der Waals surface area contributed by atoms with Crippen LogP contribution in [-0.2, 0) is 11.2 Å².